The molecular weight excluding hydrogens is 326 g/mol. The van der Waals surface area contributed by atoms with Gasteiger partial charge in [0.2, 0.25) is 5.91 Å². The summed E-state index contributed by atoms with van der Waals surface area (Å²) in [6.45, 7) is 4.73. The van der Waals surface area contributed by atoms with Gasteiger partial charge < -0.3 is 16.0 Å². The molecule has 0 bridgehead atoms. The van der Waals surface area contributed by atoms with Crippen LogP contribution < -0.4 is 16.0 Å². The molecule has 5 nitrogen and oxygen atoms in total. The van der Waals surface area contributed by atoms with Crippen molar-refractivity contribution in [2.24, 2.45) is 11.7 Å². The minimum absolute atomic E-state index is 0.0578. The Kier molecular flexibility index (Phi) is 5.38. The number of fused-ring (bicyclic) bond motifs is 1. The van der Waals surface area contributed by atoms with Crippen LogP contribution in [0.1, 0.15) is 36.2 Å². The maximum absolute atomic E-state index is 12.9. The Morgan fingerprint density at radius 1 is 1.15 bits per heavy atom. The van der Waals surface area contributed by atoms with E-state index in [0.29, 0.717) is 30.1 Å². The second-order valence-corrected chi connectivity index (χ2v) is 7.14. The summed E-state index contributed by atoms with van der Waals surface area (Å²) in [5.41, 5.74) is 9.22. The summed E-state index contributed by atoms with van der Waals surface area (Å²) in [7, 11) is 0. The second kappa shape index (κ2) is 7.70. The van der Waals surface area contributed by atoms with Gasteiger partial charge in [0.15, 0.2) is 0 Å². The first-order valence-corrected chi connectivity index (χ1v) is 9.02. The van der Waals surface area contributed by atoms with Gasteiger partial charge in [-0.15, -0.1) is 0 Å². The average molecular weight is 351 g/mol. The highest BCUT2D eigenvalue weighted by molar-refractivity contribution is 6.08. The Labute approximate surface area is 154 Å². The van der Waals surface area contributed by atoms with Crippen LogP contribution in [-0.2, 0) is 11.2 Å². The number of hydrogen-bond donors (Lipinski definition) is 2. The van der Waals surface area contributed by atoms with Crippen molar-refractivity contribution in [3.8, 4) is 0 Å². The zero-order valence-electron chi connectivity index (χ0n) is 15.2. The van der Waals surface area contributed by atoms with Gasteiger partial charge in [0, 0.05) is 23.5 Å². The highest BCUT2D eigenvalue weighted by Gasteiger charge is 2.25. The molecule has 0 aliphatic carbocycles. The molecule has 0 unspecified atom stereocenters. The van der Waals surface area contributed by atoms with E-state index in [2.05, 4.69) is 11.4 Å². The Morgan fingerprint density at radius 3 is 2.69 bits per heavy atom. The molecule has 2 aromatic carbocycles. The number of nitrogens with one attached hydrogen (secondary N) is 1. The van der Waals surface area contributed by atoms with E-state index in [9.17, 15) is 9.59 Å². The number of nitrogens with two attached hydrogens (primary N) is 1. The highest BCUT2D eigenvalue weighted by Crippen LogP contribution is 2.29. The lowest BCUT2D eigenvalue weighted by Gasteiger charge is -2.18. The van der Waals surface area contributed by atoms with E-state index in [0.717, 1.165) is 12.1 Å². The van der Waals surface area contributed by atoms with Gasteiger partial charge in [0.1, 0.15) is 0 Å². The molecule has 0 saturated carbocycles. The molecule has 0 fully saturated rings. The molecule has 3 N–H and O–H groups in total. The molecular formula is C21H25N3O2. The summed E-state index contributed by atoms with van der Waals surface area (Å²) in [4.78, 5) is 26.9. The fourth-order valence-corrected chi connectivity index (χ4v) is 3.28. The lowest BCUT2D eigenvalue weighted by Crippen LogP contribution is -2.36. The number of amides is 2. The zero-order valence-corrected chi connectivity index (χ0v) is 15.2. The Morgan fingerprint density at radius 2 is 1.92 bits per heavy atom. The highest BCUT2D eigenvalue weighted by atomic mass is 16.2. The van der Waals surface area contributed by atoms with E-state index in [1.54, 1.807) is 29.2 Å². The Bertz CT molecular complexity index is 816. The Balaban J connectivity index is 1.73. The number of anilines is 2. The van der Waals surface area contributed by atoms with Crippen molar-refractivity contribution in [2.75, 3.05) is 16.8 Å². The van der Waals surface area contributed by atoms with E-state index in [4.69, 9.17) is 5.73 Å². The summed E-state index contributed by atoms with van der Waals surface area (Å²) >= 11 is 0. The average Bonchev–Trinajstić information content (AvgIpc) is 3.04. The summed E-state index contributed by atoms with van der Waals surface area (Å²) in [5, 5.41) is 2.82. The normalized spacial score (nSPS) is 14.2. The summed E-state index contributed by atoms with van der Waals surface area (Å²) in [6, 6.07) is 14.4. The number of carbonyl (C=O) groups excluding carboxylic acids is 2. The van der Waals surface area contributed by atoms with Gasteiger partial charge >= 0.3 is 0 Å². The maximum atomic E-state index is 12.9. The number of rotatable bonds is 5. The number of nitrogens with zero attached hydrogens (tertiary/aromatic N) is 1. The minimum atomic E-state index is -0.556. The smallest absolute Gasteiger partial charge is 0.258 e. The summed E-state index contributed by atoms with van der Waals surface area (Å²) in [5.74, 6) is 0.0613. The quantitative estimate of drug-likeness (QED) is 0.868. The fraction of sp³-hybridized carbons (Fsp3) is 0.333. The fourth-order valence-electron chi connectivity index (χ4n) is 3.28. The predicted molar refractivity (Wildman–Crippen MR) is 104 cm³/mol. The monoisotopic (exact) mass is 351 g/mol. The molecule has 136 valence electrons. The zero-order chi connectivity index (χ0) is 18.7. The van der Waals surface area contributed by atoms with Gasteiger partial charge in [-0.25, -0.2) is 0 Å². The molecule has 0 radical (unpaired) electrons. The second-order valence-electron chi connectivity index (χ2n) is 7.14. The van der Waals surface area contributed by atoms with E-state index < -0.39 is 6.04 Å². The van der Waals surface area contributed by atoms with Gasteiger partial charge in [-0.05, 0) is 48.6 Å². The van der Waals surface area contributed by atoms with Crippen molar-refractivity contribution < 1.29 is 9.59 Å². The minimum Gasteiger partial charge on any atom is -0.325 e. The molecule has 3 rings (SSSR count). The maximum Gasteiger partial charge on any atom is 0.258 e. The molecule has 26 heavy (non-hydrogen) atoms. The van der Waals surface area contributed by atoms with Gasteiger partial charge in [-0.1, -0.05) is 38.1 Å². The van der Waals surface area contributed by atoms with Crippen LogP contribution in [0.3, 0.4) is 0 Å². The van der Waals surface area contributed by atoms with Gasteiger partial charge in [0.25, 0.3) is 5.91 Å². The van der Waals surface area contributed by atoms with Crippen molar-refractivity contribution in [1.29, 1.82) is 0 Å². The molecule has 2 aromatic rings. The first-order valence-electron chi connectivity index (χ1n) is 9.02. The van der Waals surface area contributed by atoms with Gasteiger partial charge in [-0.3, -0.25) is 9.59 Å². The van der Waals surface area contributed by atoms with Crippen LogP contribution >= 0.6 is 0 Å². The summed E-state index contributed by atoms with van der Waals surface area (Å²) < 4.78 is 0. The molecule has 2 amide bonds. The molecule has 0 aromatic heterocycles. The van der Waals surface area contributed by atoms with Crippen LogP contribution in [0.2, 0.25) is 0 Å². The molecule has 0 spiro atoms. The van der Waals surface area contributed by atoms with Crippen LogP contribution in [0.25, 0.3) is 0 Å². The third-order valence-electron chi connectivity index (χ3n) is 4.57. The van der Waals surface area contributed by atoms with Crippen LogP contribution in [-0.4, -0.2) is 24.4 Å². The van der Waals surface area contributed by atoms with Crippen LogP contribution in [0.4, 0.5) is 11.4 Å². The molecule has 0 saturated heterocycles. The Hall–Kier alpha value is -2.66. The number of hydrogen-bond acceptors (Lipinski definition) is 3. The van der Waals surface area contributed by atoms with Crippen molar-refractivity contribution >= 4 is 23.2 Å². The van der Waals surface area contributed by atoms with Crippen molar-refractivity contribution in [1.82, 2.24) is 0 Å². The SMILES string of the molecule is CC(C)C[C@H](N)C(=O)Nc1cccc(C(=O)N2CCc3ccccc32)c1. The lowest BCUT2D eigenvalue weighted by atomic mass is 10.0. The van der Waals surface area contributed by atoms with Crippen molar-refractivity contribution in [3.05, 3.63) is 59.7 Å². The van der Waals surface area contributed by atoms with Crippen LogP contribution in [0, 0.1) is 5.92 Å². The molecule has 1 aliphatic rings. The predicted octanol–water partition coefficient (Wildman–Crippen LogP) is 3.20. The molecule has 1 heterocycles. The first-order chi connectivity index (χ1) is 12.5. The van der Waals surface area contributed by atoms with E-state index in [-0.39, 0.29) is 11.8 Å². The summed E-state index contributed by atoms with van der Waals surface area (Å²) in [6.07, 6.45) is 1.48. The van der Waals surface area contributed by atoms with E-state index in [1.165, 1.54) is 5.56 Å². The molecule has 1 atom stereocenters. The number of benzene rings is 2. The standard InChI is InChI=1S/C21H25N3O2/c1-14(2)12-18(22)20(25)23-17-8-5-7-16(13-17)21(26)24-11-10-15-6-3-4-9-19(15)24/h3-9,13-14,18H,10-12,22H2,1-2H3,(H,23,25)/t18-/m0/s1. The first kappa shape index (κ1) is 18.1. The molecule has 5 heteroatoms. The largest absolute Gasteiger partial charge is 0.325 e. The lowest BCUT2D eigenvalue weighted by molar-refractivity contribution is -0.117. The van der Waals surface area contributed by atoms with E-state index in [1.807, 2.05) is 32.0 Å². The van der Waals surface area contributed by atoms with Gasteiger partial charge in [0.05, 0.1) is 6.04 Å². The molecule has 1 aliphatic heterocycles. The topological polar surface area (TPSA) is 75.4 Å². The van der Waals surface area contributed by atoms with Crippen LogP contribution in [0.5, 0.6) is 0 Å². The third kappa shape index (κ3) is 3.94. The van der Waals surface area contributed by atoms with Gasteiger partial charge in [-0.2, -0.15) is 0 Å². The van der Waals surface area contributed by atoms with E-state index >= 15 is 0 Å². The van der Waals surface area contributed by atoms with Crippen molar-refractivity contribution in [2.45, 2.75) is 32.7 Å². The number of para-hydroxylation sites is 1. The van der Waals surface area contributed by atoms with Crippen molar-refractivity contribution in [3.63, 3.8) is 0 Å². The third-order valence-corrected chi connectivity index (χ3v) is 4.57. The number of carbonyl (C=O) groups is 2. The van der Waals surface area contributed by atoms with Crippen LogP contribution in [0.15, 0.2) is 48.5 Å².